The van der Waals surface area contributed by atoms with E-state index in [1.807, 2.05) is 6.92 Å². The van der Waals surface area contributed by atoms with Crippen LogP contribution in [0.15, 0.2) is 29.2 Å². The minimum Gasteiger partial charge on any atom is -0.497 e. The summed E-state index contributed by atoms with van der Waals surface area (Å²) in [6.07, 6.45) is 1.77. The van der Waals surface area contributed by atoms with E-state index < -0.39 is 20.0 Å². The van der Waals surface area contributed by atoms with Crippen molar-refractivity contribution in [1.82, 2.24) is 9.03 Å². The first-order valence-corrected chi connectivity index (χ1v) is 10.6. The van der Waals surface area contributed by atoms with Gasteiger partial charge < -0.3 is 4.74 Å². The van der Waals surface area contributed by atoms with Gasteiger partial charge in [-0.1, -0.05) is 6.92 Å². The molecule has 1 N–H and O–H groups in total. The lowest BCUT2D eigenvalue weighted by Gasteiger charge is -2.25. The second-order valence-corrected chi connectivity index (χ2v) is 8.91. The predicted octanol–water partition coefficient (Wildman–Crippen LogP) is 1.03. The lowest BCUT2D eigenvalue weighted by molar-refractivity contribution is 0.335. The monoisotopic (exact) mass is 364 g/mol. The maximum absolute atomic E-state index is 12.2. The molecule has 0 fully saturated rings. The van der Waals surface area contributed by atoms with Gasteiger partial charge in [-0.25, -0.2) is 21.6 Å². The zero-order valence-corrected chi connectivity index (χ0v) is 15.4. The van der Waals surface area contributed by atoms with E-state index in [1.54, 1.807) is 19.1 Å². The Morgan fingerprint density at radius 3 is 2.17 bits per heavy atom. The molecule has 0 spiro atoms. The lowest BCUT2D eigenvalue weighted by Crippen LogP contribution is -2.42. The minimum atomic E-state index is -3.69. The number of rotatable bonds is 9. The van der Waals surface area contributed by atoms with Crippen LogP contribution in [0.25, 0.3) is 0 Å². The Hall–Kier alpha value is -1.16. The van der Waals surface area contributed by atoms with Gasteiger partial charge in [-0.2, -0.15) is 4.31 Å². The Balaban J connectivity index is 2.75. The average molecular weight is 364 g/mol. The van der Waals surface area contributed by atoms with Gasteiger partial charge in [0.2, 0.25) is 20.0 Å². The maximum atomic E-state index is 12.2. The molecule has 0 saturated carbocycles. The Labute approximate surface area is 138 Å². The summed E-state index contributed by atoms with van der Waals surface area (Å²) in [5.74, 6) is 0.559. The van der Waals surface area contributed by atoms with Gasteiger partial charge in [0.1, 0.15) is 5.75 Å². The third kappa shape index (κ3) is 5.76. The van der Waals surface area contributed by atoms with E-state index in [1.165, 1.54) is 23.5 Å². The summed E-state index contributed by atoms with van der Waals surface area (Å²) in [4.78, 5) is 0.104. The molecule has 0 aliphatic rings. The standard InChI is InChI=1S/C14H24N2O5S2/c1-5-12(2)16(22(4,17)18)11-10-15-23(19,20)14-8-6-13(21-3)7-9-14/h6-9,12,15H,5,10-11H2,1-4H3. The van der Waals surface area contributed by atoms with Crippen LogP contribution in [-0.4, -0.2) is 53.6 Å². The van der Waals surface area contributed by atoms with E-state index in [9.17, 15) is 16.8 Å². The molecule has 132 valence electrons. The molecular formula is C14H24N2O5S2. The molecule has 0 amide bonds. The number of methoxy groups -OCH3 is 1. The van der Waals surface area contributed by atoms with Crippen molar-refractivity contribution in [1.29, 1.82) is 0 Å². The number of hydrogen-bond donors (Lipinski definition) is 1. The molecule has 1 unspecified atom stereocenters. The van der Waals surface area contributed by atoms with Gasteiger partial charge in [-0.15, -0.1) is 0 Å². The Kier molecular flexibility index (Phi) is 7.00. The first-order chi connectivity index (χ1) is 10.6. The number of ether oxygens (including phenoxy) is 1. The van der Waals surface area contributed by atoms with Crippen LogP contribution in [0.4, 0.5) is 0 Å². The average Bonchev–Trinajstić information content (AvgIpc) is 2.49. The molecule has 7 nitrogen and oxygen atoms in total. The quantitative estimate of drug-likeness (QED) is 0.706. The van der Waals surface area contributed by atoms with E-state index in [4.69, 9.17) is 4.74 Å². The summed E-state index contributed by atoms with van der Waals surface area (Å²) in [5, 5.41) is 0. The summed E-state index contributed by atoms with van der Waals surface area (Å²) >= 11 is 0. The number of hydrogen-bond acceptors (Lipinski definition) is 5. The normalized spacial score (nSPS) is 14.0. The SMILES string of the molecule is CCC(C)N(CCNS(=O)(=O)c1ccc(OC)cc1)S(C)(=O)=O. The number of benzene rings is 1. The van der Waals surface area contributed by atoms with E-state index in [0.717, 1.165) is 6.26 Å². The van der Waals surface area contributed by atoms with Crippen molar-refractivity contribution < 1.29 is 21.6 Å². The van der Waals surface area contributed by atoms with Gasteiger partial charge in [-0.3, -0.25) is 0 Å². The van der Waals surface area contributed by atoms with Gasteiger partial charge >= 0.3 is 0 Å². The summed E-state index contributed by atoms with van der Waals surface area (Å²) in [6, 6.07) is 5.79. The zero-order valence-electron chi connectivity index (χ0n) is 13.8. The van der Waals surface area contributed by atoms with Crippen molar-refractivity contribution in [2.24, 2.45) is 0 Å². The van der Waals surface area contributed by atoms with Crippen LogP contribution in [0.5, 0.6) is 5.75 Å². The fraction of sp³-hybridized carbons (Fsp3) is 0.571. The Morgan fingerprint density at radius 2 is 1.74 bits per heavy atom. The third-order valence-electron chi connectivity index (χ3n) is 3.50. The number of sulfonamides is 2. The highest BCUT2D eigenvalue weighted by Crippen LogP contribution is 2.15. The van der Waals surface area contributed by atoms with Crippen molar-refractivity contribution >= 4 is 20.0 Å². The summed E-state index contributed by atoms with van der Waals surface area (Å²) in [7, 11) is -5.58. The lowest BCUT2D eigenvalue weighted by atomic mass is 10.2. The van der Waals surface area contributed by atoms with Gasteiger partial charge in [0.15, 0.2) is 0 Å². The first kappa shape index (κ1) is 19.9. The van der Waals surface area contributed by atoms with Gasteiger partial charge in [-0.05, 0) is 37.6 Å². The molecule has 9 heteroatoms. The summed E-state index contributed by atoms with van der Waals surface area (Å²) in [6.45, 7) is 3.76. The van der Waals surface area contributed by atoms with Gasteiger partial charge in [0.25, 0.3) is 0 Å². The highest BCUT2D eigenvalue weighted by Gasteiger charge is 2.22. The summed E-state index contributed by atoms with van der Waals surface area (Å²) < 4.78 is 56.6. The fourth-order valence-electron chi connectivity index (χ4n) is 2.05. The maximum Gasteiger partial charge on any atom is 0.240 e. The van der Waals surface area contributed by atoms with Crippen molar-refractivity contribution in [3.63, 3.8) is 0 Å². The van der Waals surface area contributed by atoms with E-state index in [2.05, 4.69) is 4.72 Å². The number of nitrogens with one attached hydrogen (secondary N) is 1. The third-order valence-corrected chi connectivity index (χ3v) is 6.37. The fourth-order valence-corrected chi connectivity index (χ4v) is 4.29. The molecule has 1 aromatic rings. The van der Waals surface area contributed by atoms with Crippen molar-refractivity contribution in [2.75, 3.05) is 26.5 Å². The highest BCUT2D eigenvalue weighted by molar-refractivity contribution is 7.89. The second-order valence-electron chi connectivity index (χ2n) is 5.20. The smallest absolute Gasteiger partial charge is 0.240 e. The summed E-state index contributed by atoms with van der Waals surface area (Å²) in [5.41, 5.74) is 0. The molecular weight excluding hydrogens is 340 g/mol. The molecule has 0 aliphatic heterocycles. The molecule has 0 bridgehead atoms. The van der Waals surface area contributed by atoms with Crippen molar-refractivity contribution in [3.05, 3.63) is 24.3 Å². The molecule has 1 rings (SSSR count). The van der Waals surface area contributed by atoms with Crippen LogP contribution in [0.2, 0.25) is 0 Å². The topological polar surface area (TPSA) is 92.8 Å². The Morgan fingerprint density at radius 1 is 1.17 bits per heavy atom. The van der Waals surface area contributed by atoms with E-state index in [0.29, 0.717) is 12.2 Å². The highest BCUT2D eigenvalue weighted by atomic mass is 32.2. The van der Waals surface area contributed by atoms with Crippen LogP contribution < -0.4 is 9.46 Å². The first-order valence-electron chi connectivity index (χ1n) is 7.22. The van der Waals surface area contributed by atoms with Crippen LogP contribution in [0.3, 0.4) is 0 Å². The molecule has 1 atom stereocenters. The second kappa shape index (κ2) is 8.09. The van der Waals surface area contributed by atoms with Crippen LogP contribution in [0, 0.1) is 0 Å². The van der Waals surface area contributed by atoms with Crippen LogP contribution in [0.1, 0.15) is 20.3 Å². The van der Waals surface area contributed by atoms with Crippen molar-refractivity contribution in [2.45, 2.75) is 31.2 Å². The molecule has 0 saturated heterocycles. The molecule has 0 radical (unpaired) electrons. The van der Waals surface area contributed by atoms with E-state index >= 15 is 0 Å². The molecule has 0 aliphatic carbocycles. The van der Waals surface area contributed by atoms with Crippen LogP contribution >= 0.6 is 0 Å². The van der Waals surface area contributed by atoms with Crippen LogP contribution in [-0.2, 0) is 20.0 Å². The van der Waals surface area contributed by atoms with Crippen molar-refractivity contribution in [3.8, 4) is 5.75 Å². The largest absolute Gasteiger partial charge is 0.497 e. The molecule has 0 heterocycles. The Bertz CT molecular complexity index is 699. The predicted molar refractivity (Wildman–Crippen MR) is 89.5 cm³/mol. The minimum absolute atomic E-state index is 0.00573. The van der Waals surface area contributed by atoms with Gasteiger partial charge in [0.05, 0.1) is 18.3 Å². The zero-order chi connectivity index (χ0) is 17.7. The molecule has 23 heavy (non-hydrogen) atoms. The van der Waals surface area contributed by atoms with Gasteiger partial charge in [0, 0.05) is 19.1 Å². The molecule has 1 aromatic carbocycles. The molecule has 0 aromatic heterocycles. The van der Waals surface area contributed by atoms with E-state index in [-0.39, 0.29) is 24.0 Å². The number of nitrogens with zero attached hydrogens (tertiary/aromatic N) is 1.